The Hall–Kier alpha value is -1.19. The highest BCUT2D eigenvalue weighted by Crippen LogP contribution is 2.28. The Kier molecular flexibility index (Phi) is 3.92. The Morgan fingerprint density at radius 3 is 2.65 bits per heavy atom. The Labute approximate surface area is 109 Å². The lowest BCUT2D eigenvalue weighted by Gasteiger charge is -2.05. The molecule has 0 bridgehead atoms. The van der Waals surface area contributed by atoms with Crippen molar-refractivity contribution in [3.8, 4) is 0 Å². The SMILES string of the molecule is Nc1ccc(SCc2ccccc2Cl)cc1F. The van der Waals surface area contributed by atoms with Gasteiger partial charge in [0.25, 0.3) is 0 Å². The van der Waals surface area contributed by atoms with Gasteiger partial charge in [0.15, 0.2) is 0 Å². The molecule has 17 heavy (non-hydrogen) atoms. The lowest BCUT2D eigenvalue weighted by atomic mass is 10.2. The van der Waals surface area contributed by atoms with Crippen LogP contribution in [0.3, 0.4) is 0 Å². The Balaban J connectivity index is 2.08. The van der Waals surface area contributed by atoms with Crippen LogP contribution >= 0.6 is 23.4 Å². The number of anilines is 1. The highest BCUT2D eigenvalue weighted by Gasteiger charge is 2.03. The molecule has 0 aromatic heterocycles. The summed E-state index contributed by atoms with van der Waals surface area (Å²) >= 11 is 7.57. The summed E-state index contributed by atoms with van der Waals surface area (Å²) in [6.07, 6.45) is 0. The monoisotopic (exact) mass is 267 g/mol. The average Bonchev–Trinajstić information content (AvgIpc) is 2.32. The second-order valence-electron chi connectivity index (χ2n) is 3.56. The van der Waals surface area contributed by atoms with Crippen LogP contribution in [-0.2, 0) is 5.75 Å². The molecule has 0 heterocycles. The van der Waals surface area contributed by atoms with Gasteiger partial charge in [-0.2, -0.15) is 0 Å². The summed E-state index contributed by atoms with van der Waals surface area (Å²) in [7, 11) is 0. The van der Waals surface area contributed by atoms with E-state index in [9.17, 15) is 4.39 Å². The zero-order chi connectivity index (χ0) is 12.3. The quantitative estimate of drug-likeness (QED) is 0.661. The number of hydrogen-bond donors (Lipinski definition) is 1. The fraction of sp³-hybridized carbons (Fsp3) is 0.0769. The van der Waals surface area contributed by atoms with Gasteiger partial charge in [-0.15, -0.1) is 11.8 Å². The van der Waals surface area contributed by atoms with Gasteiger partial charge in [-0.25, -0.2) is 4.39 Å². The molecule has 0 aliphatic carbocycles. The molecule has 0 aliphatic heterocycles. The standard InChI is InChI=1S/C13H11ClFNS/c14-11-4-2-1-3-9(11)8-17-10-5-6-13(16)12(15)7-10/h1-7H,8,16H2. The molecule has 0 fully saturated rings. The van der Waals surface area contributed by atoms with E-state index in [-0.39, 0.29) is 11.5 Å². The van der Waals surface area contributed by atoms with E-state index in [0.717, 1.165) is 15.5 Å². The first-order valence-electron chi connectivity index (χ1n) is 5.08. The van der Waals surface area contributed by atoms with Crippen molar-refractivity contribution in [3.63, 3.8) is 0 Å². The summed E-state index contributed by atoms with van der Waals surface area (Å²) < 4.78 is 13.2. The first-order valence-corrected chi connectivity index (χ1v) is 6.44. The molecule has 88 valence electrons. The molecule has 2 aromatic rings. The summed E-state index contributed by atoms with van der Waals surface area (Å²) in [5, 5.41) is 0.732. The van der Waals surface area contributed by atoms with E-state index in [1.54, 1.807) is 12.1 Å². The first kappa shape index (κ1) is 12.3. The van der Waals surface area contributed by atoms with E-state index >= 15 is 0 Å². The van der Waals surface area contributed by atoms with Gasteiger partial charge < -0.3 is 5.73 Å². The number of halogens is 2. The molecule has 1 nitrogen and oxygen atoms in total. The van der Waals surface area contributed by atoms with E-state index < -0.39 is 0 Å². The third-order valence-electron chi connectivity index (χ3n) is 2.32. The summed E-state index contributed by atoms with van der Waals surface area (Å²) in [5.74, 6) is 0.331. The molecule has 0 saturated carbocycles. The second kappa shape index (κ2) is 5.43. The third kappa shape index (κ3) is 3.14. The van der Waals surface area contributed by atoms with E-state index in [1.807, 2.05) is 24.3 Å². The summed E-state index contributed by atoms with van der Waals surface area (Å²) in [6, 6.07) is 12.5. The summed E-state index contributed by atoms with van der Waals surface area (Å²) in [6.45, 7) is 0. The molecule has 0 radical (unpaired) electrons. The lowest BCUT2D eigenvalue weighted by Crippen LogP contribution is -1.90. The van der Waals surface area contributed by atoms with E-state index in [0.29, 0.717) is 5.75 Å². The highest BCUT2D eigenvalue weighted by molar-refractivity contribution is 7.98. The van der Waals surface area contributed by atoms with Crippen LogP contribution in [0.25, 0.3) is 0 Å². The summed E-state index contributed by atoms with van der Waals surface area (Å²) in [5.41, 5.74) is 6.63. The Bertz CT molecular complexity index is 531. The van der Waals surface area contributed by atoms with Crippen molar-refractivity contribution in [2.45, 2.75) is 10.6 Å². The van der Waals surface area contributed by atoms with Gasteiger partial charge in [0.2, 0.25) is 0 Å². The molecule has 0 spiro atoms. The topological polar surface area (TPSA) is 26.0 Å². The molecule has 2 rings (SSSR count). The smallest absolute Gasteiger partial charge is 0.147 e. The van der Waals surface area contributed by atoms with Crippen LogP contribution in [0.5, 0.6) is 0 Å². The van der Waals surface area contributed by atoms with Crippen LogP contribution in [0, 0.1) is 5.82 Å². The maximum atomic E-state index is 13.2. The molecule has 0 saturated heterocycles. The maximum Gasteiger partial charge on any atom is 0.147 e. The van der Waals surface area contributed by atoms with Gasteiger partial charge in [-0.3, -0.25) is 0 Å². The first-order chi connectivity index (χ1) is 8.16. The van der Waals surface area contributed by atoms with Crippen molar-refractivity contribution in [2.24, 2.45) is 0 Å². The maximum absolute atomic E-state index is 13.2. The van der Waals surface area contributed by atoms with Crippen molar-refractivity contribution < 1.29 is 4.39 Å². The van der Waals surface area contributed by atoms with Crippen LogP contribution < -0.4 is 5.73 Å². The minimum atomic E-state index is -0.380. The third-order valence-corrected chi connectivity index (χ3v) is 3.74. The van der Waals surface area contributed by atoms with E-state index in [2.05, 4.69) is 0 Å². The Morgan fingerprint density at radius 1 is 1.18 bits per heavy atom. The molecular weight excluding hydrogens is 257 g/mol. The van der Waals surface area contributed by atoms with Gasteiger partial charge in [0.05, 0.1) is 5.69 Å². The van der Waals surface area contributed by atoms with Crippen LogP contribution in [0.1, 0.15) is 5.56 Å². The number of nitrogen functional groups attached to an aromatic ring is 1. The molecule has 0 amide bonds. The minimum Gasteiger partial charge on any atom is -0.396 e. The van der Waals surface area contributed by atoms with Crippen LogP contribution in [0.4, 0.5) is 10.1 Å². The average molecular weight is 268 g/mol. The van der Waals surface area contributed by atoms with Crippen molar-refractivity contribution >= 4 is 29.1 Å². The zero-order valence-corrected chi connectivity index (χ0v) is 10.6. The molecular formula is C13H11ClFNS. The van der Waals surface area contributed by atoms with E-state index in [1.165, 1.54) is 17.8 Å². The van der Waals surface area contributed by atoms with Gasteiger partial charge in [-0.05, 0) is 29.8 Å². The predicted octanol–water partition coefficient (Wildman–Crippen LogP) is 4.35. The van der Waals surface area contributed by atoms with Gasteiger partial charge >= 0.3 is 0 Å². The van der Waals surface area contributed by atoms with Crippen molar-refractivity contribution in [1.82, 2.24) is 0 Å². The molecule has 4 heteroatoms. The van der Waals surface area contributed by atoms with Gasteiger partial charge in [0.1, 0.15) is 5.82 Å². The number of nitrogens with two attached hydrogens (primary N) is 1. The fourth-order valence-corrected chi connectivity index (χ4v) is 2.58. The molecule has 0 unspecified atom stereocenters. The number of benzene rings is 2. The van der Waals surface area contributed by atoms with Crippen molar-refractivity contribution in [3.05, 3.63) is 58.9 Å². The van der Waals surface area contributed by atoms with E-state index in [4.69, 9.17) is 17.3 Å². The summed E-state index contributed by atoms with van der Waals surface area (Å²) in [4.78, 5) is 0.844. The fourth-order valence-electron chi connectivity index (χ4n) is 1.37. The zero-order valence-electron chi connectivity index (χ0n) is 8.99. The molecule has 2 aromatic carbocycles. The van der Waals surface area contributed by atoms with Crippen molar-refractivity contribution in [1.29, 1.82) is 0 Å². The Morgan fingerprint density at radius 2 is 1.94 bits per heavy atom. The second-order valence-corrected chi connectivity index (χ2v) is 5.02. The minimum absolute atomic E-state index is 0.173. The largest absolute Gasteiger partial charge is 0.396 e. The number of thioether (sulfide) groups is 1. The molecule has 0 aliphatic rings. The van der Waals surface area contributed by atoms with Crippen LogP contribution in [0.2, 0.25) is 5.02 Å². The normalized spacial score (nSPS) is 10.5. The van der Waals surface area contributed by atoms with Gasteiger partial charge in [0, 0.05) is 15.7 Å². The number of hydrogen-bond acceptors (Lipinski definition) is 2. The predicted molar refractivity (Wildman–Crippen MR) is 71.8 cm³/mol. The van der Waals surface area contributed by atoms with Crippen LogP contribution in [-0.4, -0.2) is 0 Å². The van der Waals surface area contributed by atoms with Crippen molar-refractivity contribution in [2.75, 3.05) is 5.73 Å². The lowest BCUT2D eigenvalue weighted by molar-refractivity contribution is 0.629. The molecule has 2 N–H and O–H groups in total. The van der Waals surface area contributed by atoms with Crippen LogP contribution in [0.15, 0.2) is 47.4 Å². The number of rotatable bonds is 3. The molecule has 0 atom stereocenters. The highest BCUT2D eigenvalue weighted by atomic mass is 35.5. The van der Waals surface area contributed by atoms with Gasteiger partial charge in [-0.1, -0.05) is 29.8 Å².